The lowest BCUT2D eigenvalue weighted by Crippen LogP contribution is -2.58. The molecule has 1 saturated carbocycles. The van der Waals surface area contributed by atoms with Crippen LogP contribution in [0.4, 0.5) is 4.79 Å². The van der Waals surface area contributed by atoms with Gasteiger partial charge in [0.2, 0.25) is 11.8 Å². The van der Waals surface area contributed by atoms with E-state index in [1.165, 1.54) is 11.8 Å². The van der Waals surface area contributed by atoms with Crippen molar-refractivity contribution in [2.75, 3.05) is 39.3 Å². The van der Waals surface area contributed by atoms with Crippen LogP contribution in [0.25, 0.3) is 0 Å². The van der Waals surface area contributed by atoms with E-state index in [4.69, 9.17) is 0 Å². The molecule has 1 aliphatic carbocycles. The molecule has 4 amide bonds. The number of carbonyl (C=O) groups is 3. The maximum atomic E-state index is 14.7. The second-order valence-electron chi connectivity index (χ2n) is 10.7. The lowest BCUT2D eigenvalue weighted by molar-refractivity contribution is -0.136. The number of aryl methyl sites for hydroxylation is 1. The molecule has 2 heterocycles. The third kappa shape index (κ3) is 5.62. The minimum Gasteiger partial charge on any atom is -0.338 e. The highest BCUT2D eigenvalue weighted by atomic mass is 32.2. The van der Waals surface area contributed by atoms with E-state index in [-0.39, 0.29) is 24.3 Å². The molecule has 0 aromatic heterocycles. The molecule has 2 aromatic carbocycles. The Balaban J connectivity index is 1.53. The Labute approximate surface area is 234 Å². The van der Waals surface area contributed by atoms with Gasteiger partial charge in [0.05, 0.1) is 24.1 Å². The van der Waals surface area contributed by atoms with Gasteiger partial charge in [-0.25, -0.2) is 4.79 Å². The summed E-state index contributed by atoms with van der Waals surface area (Å²) in [5.74, 6) is 0.389. The van der Waals surface area contributed by atoms with E-state index in [1.807, 2.05) is 60.0 Å². The number of amides is 4. The summed E-state index contributed by atoms with van der Waals surface area (Å²) in [6, 6.07) is 17.0. The summed E-state index contributed by atoms with van der Waals surface area (Å²) < 4.78 is -1.07. The Bertz CT molecular complexity index is 1260. The van der Waals surface area contributed by atoms with Gasteiger partial charge in [-0.05, 0) is 62.4 Å². The number of thioether (sulfide) groups is 1. The molecule has 0 bridgehead atoms. The van der Waals surface area contributed by atoms with E-state index in [9.17, 15) is 19.6 Å². The summed E-state index contributed by atoms with van der Waals surface area (Å²) in [5, 5.41) is 12.2. The van der Waals surface area contributed by atoms with Crippen LogP contribution in [0.2, 0.25) is 0 Å². The number of nitriles is 1. The van der Waals surface area contributed by atoms with Crippen LogP contribution in [-0.4, -0.2) is 76.6 Å². The predicted octanol–water partition coefficient (Wildman–Crippen LogP) is 3.95. The molecule has 9 heteroatoms. The molecule has 3 fully saturated rings. The standard InChI is InChI=1S/C30H35N5O3S/c1-3-32-29(38)34-16-14-33(15-17-34)28(37)30(39-25-12-4-21(2)5-13-25)18-26(36)35(20-23-6-7-23)27(30)24-10-8-22(19-31)9-11-24/h4-5,8-13,23,27H,3,6-7,14-18,20H2,1-2H3,(H,32,38). The number of benzene rings is 2. The van der Waals surface area contributed by atoms with Crippen LogP contribution in [0, 0.1) is 24.2 Å². The first-order chi connectivity index (χ1) is 18.8. The van der Waals surface area contributed by atoms with E-state index >= 15 is 0 Å². The van der Waals surface area contributed by atoms with Crippen LogP contribution in [0.15, 0.2) is 53.4 Å². The average molecular weight is 546 g/mol. The Morgan fingerprint density at radius 2 is 1.67 bits per heavy atom. The summed E-state index contributed by atoms with van der Waals surface area (Å²) in [6.07, 6.45) is 2.30. The highest BCUT2D eigenvalue weighted by Crippen LogP contribution is 2.54. The number of piperazine rings is 1. The molecule has 204 valence electrons. The Morgan fingerprint density at radius 3 is 2.26 bits per heavy atom. The molecule has 0 radical (unpaired) electrons. The smallest absolute Gasteiger partial charge is 0.317 e. The van der Waals surface area contributed by atoms with Gasteiger partial charge in [0.1, 0.15) is 4.75 Å². The molecule has 2 aromatic rings. The summed E-state index contributed by atoms with van der Waals surface area (Å²) in [5.41, 5.74) is 2.54. The van der Waals surface area contributed by atoms with Crippen molar-refractivity contribution in [3.63, 3.8) is 0 Å². The normalized spacial score (nSPS) is 23.1. The molecule has 5 rings (SSSR count). The third-order valence-electron chi connectivity index (χ3n) is 7.86. The molecule has 39 heavy (non-hydrogen) atoms. The monoisotopic (exact) mass is 545 g/mol. The van der Waals surface area contributed by atoms with E-state index in [0.717, 1.165) is 28.9 Å². The van der Waals surface area contributed by atoms with Crippen molar-refractivity contribution in [3.8, 4) is 6.07 Å². The van der Waals surface area contributed by atoms with Crippen molar-refractivity contribution in [1.29, 1.82) is 5.26 Å². The Morgan fingerprint density at radius 1 is 1.03 bits per heavy atom. The second kappa shape index (κ2) is 11.3. The number of hydrogen-bond acceptors (Lipinski definition) is 5. The number of likely N-dealkylation sites (tertiary alicyclic amines) is 1. The maximum Gasteiger partial charge on any atom is 0.317 e. The van der Waals surface area contributed by atoms with Gasteiger partial charge in [0, 0.05) is 44.2 Å². The van der Waals surface area contributed by atoms with Gasteiger partial charge >= 0.3 is 6.03 Å². The van der Waals surface area contributed by atoms with Gasteiger partial charge in [0.15, 0.2) is 0 Å². The fourth-order valence-electron chi connectivity index (χ4n) is 5.58. The summed E-state index contributed by atoms with van der Waals surface area (Å²) >= 11 is 1.48. The minimum absolute atomic E-state index is 0.00909. The molecule has 0 spiro atoms. The van der Waals surface area contributed by atoms with Crippen molar-refractivity contribution in [1.82, 2.24) is 20.0 Å². The highest BCUT2D eigenvalue weighted by Gasteiger charge is 2.59. The SMILES string of the molecule is CCNC(=O)N1CCN(C(=O)C2(Sc3ccc(C)cc3)CC(=O)N(CC3CC3)C2c2ccc(C#N)cc2)CC1. The first kappa shape index (κ1) is 27.1. The van der Waals surface area contributed by atoms with Gasteiger partial charge in [-0.2, -0.15) is 5.26 Å². The van der Waals surface area contributed by atoms with Crippen molar-refractivity contribution in [3.05, 3.63) is 65.2 Å². The van der Waals surface area contributed by atoms with E-state index in [0.29, 0.717) is 50.7 Å². The van der Waals surface area contributed by atoms with E-state index in [2.05, 4.69) is 11.4 Å². The van der Waals surface area contributed by atoms with Gasteiger partial charge in [-0.3, -0.25) is 9.59 Å². The highest BCUT2D eigenvalue weighted by molar-refractivity contribution is 8.01. The zero-order valence-corrected chi connectivity index (χ0v) is 23.4. The van der Waals surface area contributed by atoms with Crippen LogP contribution < -0.4 is 5.32 Å². The van der Waals surface area contributed by atoms with Gasteiger partial charge in [0.25, 0.3) is 0 Å². The molecular formula is C30H35N5O3S. The van der Waals surface area contributed by atoms with E-state index in [1.54, 1.807) is 17.0 Å². The topological polar surface area (TPSA) is 96.8 Å². The third-order valence-corrected chi connectivity index (χ3v) is 9.27. The van der Waals surface area contributed by atoms with Crippen LogP contribution >= 0.6 is 11.8 Å². The largest absolute Gasteiger partial charge is 0.338 e. The number of urea groups is 1. The Kier molecular flexibility index (Phi) is 7.85. The molecule has 2 atom stereocenters. The molecule has 2 saturated heterocycles. The fraction of sp³-hybridized carbons (Fsp3) is 0.467. The summed E-state index contributed by atoms with van der Waals surface area (Å²) in [7, 11) is 0. The van der Waals surface area contributed by atoms with Crippen molar-refractivity contribution < 1.29 is 14.4 Å². The molecule has 2 unspecified atom stereocenters. The van der Waals surface area contributed by atoms with Gasteiger partial charge < -0.3 is 20.0 Å². The zero-order chi connectivity index (χ0) is 27.6. The van der Waals surface area contributed by atoms with E-state index < -0.39 is 10.8 Å². The van der Waals surface area contributed by atoms with Gasteiger partial charge in [-0.1, -0.05) is 29.8 Å². The zero-order valence-electron chi connectivity index (χ0n) is 22.6. The predicted molar refractivity (Wildman–Crippen MR) is 150 cm³/mol. The molecule has 3 aliphatic rings. The molecule has 2 aliphatic heterocycles. The Hall–Kier alpha value is -3.51. The minimum atomic E-state index is -1.07. The number of carbonyl (C=O) groups excluding carboxylic acids is 3. The number of hydrogen-bond donors (Lipinski definition) is 1. The summed E-state index contributed by atoms with van der Waals surface area (Å²) in [4.78, 5) is 47.2. The average Bonchev–Trinajstić information content (AvgIpc) is 3.73. The number of nitrogens with one attached hydrogen (secondary N) is 1. The quantitative estimate of drug-likeness (QED) is 0.568. The molecule has 8 nitrogen and oxygen atoms in total. The lowest BCUT2D eigenvalue weighted by Gasteiger charge is -2.42. The maximum absolute atomic E-state index is 14.7. The molecular weight excluding hydrogens is 510 g/mol. The van der Waals surface area contributed by atoms with Crippen molar-refractivity contribution in [2.24, 2.45) is 5.92 Å². The lowest BCUT2D eigenvalue weighted by atomic mass is 9.90. The molecule has 1 N–H and O–H groups in total. The van der Waals surface area contributed by atoms with Crippen molar-refractivity contribution in [2.45, 2.75) is 48.8 Å². The van der Waals surface area contributed by atoms with Gasteiger partial charge in [-0.15, -0.1) is 11.8 Å². The van der Waals surface area contributed by atoms with Crippen LogP contribution in [-0.2, 0) is 9.59 Å². The second-order valence-corrected chi connectivity index (χ2v) is 12.1. The van der Waals surface area contributed by atoms with Crippen LogP contribution in [0.1, 0.15) is 48.9 Å². The first-order valence-electron chi connectivity index (χ1n) is 13.7. The fourth-order valence-corrected chi connectivity index (χ4v) is 7.06. The van der Waals surface area contributed by atoms with Crippen LogP contribution in [0.3, 0.4) is 0 Å². The van der Waals surface area contributed by atoms with Crippen LogP contribution in [0.5, 0.6) is 0 Å². The number of rotatable bonds is 7. The number of nitrogens with zero attached hydrogens (tertiary/aromatic N) is 4. The van der Waals surface area contributed by atoms with Crippen molar-refractivity contribution >= 4 is 29.6 Å². The first-order valence-corrected chi connectivity index (χ1v) is 14.5. The summed E-state index contributed by atoms with van der Waals surface area (Å²) in [6.45, 7) is 6.84.